The van der Waals surface area contributed by atoms with Crippen molar-refractivity contribution in [2.24, 2.45) is 0 Å². The van der Waals surface area contributed by atoms with Gasteiger partial charge in [0.15, 0.2) is 0 Å². The fraction of sp³-hybridized carbons (Fsp3) is 0.273. The van der Waals surface area contributed by atoms with Crippen molar-refractivity contribution in [3.8, 4) is 0 Å². The molecule has 0 aliphatic carbocycles. The molecule has 0 radical (unpaired) electrons. The van der Waals surface area contributed by atoms with Gasteiger partial charge in [-0.25, -0.2) is 4.39 Å². The van der Waals surface area contributed by atoms with Gasteiger partial charge < -0.3 is 10.2 Å². The number of likely N-dealkylation sites (tertiary alicyclic amines) is 1. The first-order chi connectivity index (χ1) is 13.5. The molecule has 1 heterocycles. The van der Waals surface area contributed by atoms with Gasteiger partial charge in [0.1, 0.15) is 11.5 Å². The van der Waals surface area contributed by atoms with Crippen LogP contribution in [0.1, 0.15) is 41.6 Å². The predicted molar refractivity (Wildman–Crippen MR) is 111 cm³/mol. The Morgan fingerprint density at radius 1 is 0.964 bits per heavy atom. The van der Waals surface area contributed by atoms with Crippen LogP contribution in [0.3, 0.4) is 0 Å². The number of hydrogen-bond acceptors (Lipinski definition) is 2. The molecule has 1 aliphatic rings. The topological polar surface area (TPSA) is 49.4 Å². The third-order valence-electron chi connectivity index (χ3n) is 4.67. The number of halogens is 2. The van der Waals surface area contributed by atoms with Gasteiger partial charge >= 0.3 is 0 Å². The van der Waals surface area contributed by atoms with Crippen LogP contribution < -0.4 is 5.32 Å². The fourth-order valence-corrected chi connectivity index (χ4v) is 3.42. The monoisotopic (exact) mass is 444 g/mol. The highest BCUT2D eigenvalue weighted by atomic mass is 79.9. The van der Waals surface area contributed by atoms with E-state index in [1.165, 1.54) is 18.2 Å². The second-order valence-corrected chi connectivity index (χ2v) is 7.67. The highest BCUT2D eigenvalue weighted by Crippen LogP contribution is 2.17. The van der Waals surface area contributed by atoms with Gasteiger partial charge in [0.2, 0.25) is 0 Å². The number of carbonyl (C=O) groups excluding carboxylic acids is 2. The fourth-order valence-electron chi connectivity index (χ4n) is 3.16. The average molecular weight is 445 g/mol. The van der Waals surface area contributed by atoms with E-state index in [9.17, 15) is 14.0 Å². The Hall–Kier alpha value is -2.47. The van der Waals surface area contributed by atoms with Crippen molar-refractivity contribution in [1.82, 2.24) is 10.2 Å². The molecule has 3 rings (SSSR count). The van der Waals surface area contributed by atoms with Gasteiger partial charge in [0, 0.05) is 17.6 Å². The van der Waals surface area contributed by atoms with Crippen molar-refractivity contribution in [2.45, 2.75) is 25.7 Å². The molecule has 1 saturated heterocycles. The highest BCUT2D eigenvalue weighted by molar-refractivity contribution is 9.10. The largest absolute Gasteiger partial charge is 0.337 e. The summed E-state index contributed by atoms with van der Waals surface area (Å²) in [6, 6.07) is 13.1. The summed E-state index contributed by atoms with van der Waals surface area (Å²) in [7, 11) is 0. The molecule has 2 aromatic carbocycles. The number of benzene rings is 2. The van der Waals surface area contributed by atoms with Crippen LogP contribution in [0, 0.1) is 5.82 Å². The first kappa shape index (κ1) is 20.3. The summed E-state index contributed by atoms with van der Waals surface area (Å²) in [6.45, 7) is 1.32. The van der Waals surface area contributed by atoms with Crippen molar-refractivity contribution in [1.29, 1.82) is 0 Å². The molecule has 0 bridgehead atoms. The molecule has 0 atom stereocenters. The van der Waals surface area contributed by atoms with Crippen LogP contribution >= 0.6 is 15.9 Å². The van der Waals surface area contributed by atoms with Crippen molar-refractivity contribution in [2.75, 3.05) is 13.1 Å². The highest BCUT2D eigenvalue weighted by Gasteiger charge is 2.22. The van der Waals surface area contributed by atoms with Gasteiger partial charge in [-0.3, -0.25) is 9.59 Å². The summed E-state index contributed by atoms with van der Waals surface area (Å²) in [4.78, 5) is 27.5. The van der Waals surface area contributed by atoms with Crippen LogP contribution in [-0.4, -0.2) is 29.8 Å². The van der Waals surface area contributed by atoms with Crippen molar-refractivity contribution >= 4 is 33.8 Å². The Balaban J connectivity index is 1.89. The van der Waals surface area contributed by atoms with Crippen LogP contribution in [0.15, 0.2) is 58.7 Å². The summed E-state index contributed by atoms with van der Waals surface area (Å²) in [6.07, 6.45) is 5.71. The van der Waals surface area contributed by atoms with E-state index in [2.05, 4.69) is 21.2 Å². The second kappa shape index (κ2) is 9.64. The molecule has 0 aromatic heterocycles. The van der Waals surface area contributed by atoms with E-state index >= 15 is 0 Å². The van der Waals surface area contributed by atoms with Gasteiger partial charge in [-0.05, 0) is 48.7 Å². The van der Waals surface area contributed by atoms with Gasteiger partial charge in [0.25, 0.3) is 11.8 Å². The Kier molecular flexibility index (Phi) is 6.98. The molecule has 0 spiro atoms. The first-order valence-electron chi connectivity index (χ1n) is 9.37. The Morgan fingerprint density at radius 2 is 1.61 bits per heavy atom. The van der Waals surface area contributed by atoms with Gasteiger partial charge in [-0.15, -0.1) is 0 Å². The van der Waals surface area contributed by atoms with E-state index in [0.29, 0.717) is 13.1 Å². The van der Waals surface area contributed by atoms with Crippen LogP contribution in [0.5, 0.6) is 0 Å². The molecule has 0 unspecified atom stereocenters. The number of nitrogens with one attached hydrogen (secondary N) is 1. The lowest BCUT2D eigenvalue weighted by molar-refractivity contribution is -0.127. The number of hydrogen-bond donors (Lipinski definition) is 1. The lowest BCUT2D eigenvalue weighted by Gasteiger charge is -2.22. The van der Waals surface area contributed by atoms with Crippen molar-refractivity contribution < 1.29 is 14.0 Å². The van der Waals surface area contributed by atoms with E-state index in [1.807, 2.05) is 24.3 Å². The standard InChI is InChI=1S/C22H22BrFN2O2/c23-17-11-9-16(10-12-17)15-20(22(28)26-13-5-1-2-6-14-26)25-21(27)18-7-3-4-8-19(18)24/h3-4,7-12,15H,1-2,5-6,13-14H2,(H,25,27)/b20-15-. The predicted octanol–water partition coefficient (Wildman–Crippen LogP) is 4.76. The van der Waals surface area contributed by atoms with E-state index < -0.39 is 11.7 Å². The maximum Gasteiger partial charge on any atom is 0.270 e. The van der Waals surface area contributed by atoms with Crippen LogP contribution in [0.4, 0.5) is 4.39 Å². The van der Waals surface area contributed by atoms with Crippen molar-refractivity contribution in [3.05, 3.63) is 75.6 Å². The summed E-state index contributed by atoms with van der Waals surface area (Å²) in [5.41, 5.74) is 0.834. The minimum absolute atomic E-state index is 0.0899. The SMILES string of the molecule is O=C(N/C(=C\c1ccc(Br)cc1)C(=O)N1CCCCCC1)c1ccccc1F. The summed E-state index contributed by atoms with van der Waals surface area (Å²) in [5.74, 6) is -1.50. The van der Waals surface area contributed by atoms with Crippen LogP contribution in [0.25, 0.3) is 6.08 Å². The number of nitrogens with zero attached hydrogens (tertiary/aromatic N) is 1. The Morgan fingerprint density at radius 3 is 2.25 bits per heavy atom. The molecular weight excluding hydrogens is 423 g/mol. The lowest BCUT2D eigenvalue weighted by atomic mass is 10.1. The lowest BCUT2D eigenvalue weighted by Crippen LogP contribution is -2.39. The molecule has 1 fully saturated rings. The summed E-state index contributed by atoms with van der Waals surface area (Å²) < 4.78 is 14.9. The molecule has 0 saturated carbocycles. The Bertz CT molecular complexity index is 872. The van der Waals surface area contributed by atoms with E-state index in [1.54, 1.807) is 17.0 Å². The maximum absolute atomic E-state index is 14.0. The van der Waals surface area contributed by atoms with Gasteiger partial charge in [0.05, 0.1) is 5.56 Å². The molecule has 2 aromatic rings. The number of carbonyl (C=O) groups is 2. The molecule has 4 nitrogen and oxygen atoms in total. The van der Waals surface area contributed by atoms with E-state index in [0.717, 1.165) is 35.7 Å². The normalized spacial score (nSPS) is 15.1. The molecular formula is C22H22BrFN2O2. The third-order valence-corrected chi connectivity index (χ3v) is 5.20. The van der Waals surface area contributed by atoms with Crippen LogP contribution in [-0.2, 0) is 4.79 Å². The van der Waals surface area contributed by atoms with Gasteiger partial charge in [-0.1, -0.05) is 53.0 Å². The molecule has 1 N–H and O–H groups in total. The minimum atomic E-state index is -0.635. The minimum Gasteiger partial charge on any atom is -0.337 e. The van der Waals surface area contributed by atoms with E-state index in [-0.39, 0.29) is 17.2 Å². The third kappa shape index (κ3) is 5.29. The molecule has 1 aliphatic heterocycles. The zero-order chi connectivity index (χ0) is 19.9. The molecule has 28 heavy (non-hydrogen) atoms. The number of rotatable bonds is 4. The molecule has 2 amide bonds. The zero-order valence-corrected chi connectivity index (χ0v) is 17.0. The smallest absolute Gasteiger partial charge is 0.270 e. The van der Waals surface area contributed by atoms with Crippen molar-refractivity contribution in [3.63, 3.8) is 0 Å². The average Bonchev–Trinajstić information content (AvgIpc) is 2.98. The molecule has 146 valence electrons. The zero-order valence-electron chi connectivity index (χ0n) is 15.5. The number of amides is 2. The van der Waals surface area contributed by atoms with Gasteiger partial charge in [-0.2, -0.15) is 0 Å². The second-order valence-electron chi connectivity index (χ2n) is 6.75. The summed E-state index contributed by atoms with van der Waals surface area (Å²) >= 11 is 3.38. The quantitative estimate of drug-likeness (QED) is 0.690. The van der Waals surface area contributed by atoms with Crippen LogP contribution in [0.2, 0.25) is 0 Å². The van der Waals surface area contributed by atoms with E-state index in [4.69, 9.17) is 0 Å². The maximum atomic E-state index is 14.0. The first-order valence-corrected chi connectivity index (χ1v) is 10.2. The molecule has 6 heteroatoms. The summed E-state index contributed by atoms with van der Waals surface area (Å²) in [5, 5.41) is 2.63. The Labute approximate surface area is 172 Å².